The van der Waals surface area contributed by atoms with Gasteiger partial charge >= 0.3 is 0 Å². The van der Waals surface area contributed by atoms with Gasteiger partial charge < -0.3 is 0 Å². The molecule has 0 unspecified atom stereocenters. The third-order valence-corrected chi connectivity index (χ3v) is 4.38. The molecule has 0 heterocycles. The van der Waals surface area contributed by atoms with E-state index in [0.29, 0.717) is 0 Å². The van der Waals surface area contributed by atoms with Crippen molar-refractivity contribution in [1.29, 1.82) is 0 Å². The fraction of sp³-hybridized carbons (Fsp3) is 1.00. The van der Waals surface area contributed by atoms with Crippen LogP contribution in [-0.4, -0.2) is 8.80 Å². The van der Waals surface area contributed by atoms with Crippen molar-refractivity contribution in [2.24, 2.45) is 0 Å². The summed E-state index contributed by atoms with van der Waals surface area (Å²) in [6.07, 6.45) is 6.11. The van der Waals surface area contributed by atoms with E-state index in [4.69, 9.17) is 0 Å². The van der Waals surface area contributed by atoms with Crippen LogP contribution in [0, 0.1) is 0 Å². The molecule has 0 nitrogen and oxygen atoms in total. The van der Waals surface area contributed by atoms with Crippen molar-refractivity contribution >= 4 is 8.80 Å². The maximum Gasteiger partial charge on any atom is 0.0446 e. The third kappa shape index (κ3) is 1.34. The van der Waals surface area contributed by atoms with E-state index in [-0.39, 0.29) is 8.80 Å². The average Bonchev–Trinajstić information content (AvgIpc) is 2.12. The van der Waals surface area contributed by atoms with E-state index in [9.17, 15) is 0 Å². The molecule has 1 aliphatic rings. The number of hydrogen-bond acceptors (Lipinski definition) is 0. The molecule has 1 heteroatoms. The highest BCUT2D eigenvalue weighted by molar-refractivity contribution is 6.57. The molecule has 0 atom stereocenters. The van der Waals surface area contributed by atoms with Crippen LogP contribution in [0.2, 0.25) is 18.6 Å². The second kappa shape index (κ2) is 2.67. The molecule has 0 aromatic heterocycles. The van der Waals surface area contributed by atoms with Gasteiger partial charge in [-0.1, -0.05) is 38.8 Å². The molecule has 8 heavy (non-hydrogen) atoms. The van der Waals surface area contributed by atoms with Crippen molar-refractivity contribution in [2.75, 3.05) is 0 Å². The van der Waals surface area contributed by atoms with Crippen LogP contribution < -0.4 is 0 Å². The third-order valence-electron chi connectivity index (χ3n) is 2.17. The molecular formula is C7H15Si. The van der Waals surface area contributed by atoms with Crippen LogP contribution in [0.3, 0.4) is 0 Å². The fourth-order valence-corrected chi connectivity index (χ4v) is 3.07. The van der Waals surface area contributed by atoms with Crippen LogP contribution in [0.5, 0.6) is 0 Å². The number of hydrogen-bond donors (Lipinski definition) is 0. The lowest BCUT2D eigenvalue weighted by Crippen LogP contribution is -2.07. The maximum absolute atomic E-state index is 2.45. The second-order valence-corrected chi connectivity index (χ2v) is 6.03. The molecule has 0 aliphatic heterocycles. The molecule has 0 aromatic carbocycles. The average molecular weight is 127 g/mol. The van der Waals surface area contributed by atoms with Gasteiger partial charge in [0.25, 0.3) is 0 Å². The van der Waals surface area contributed by atoms with Crippen LogP contribution in [-0.2, 0) is 0 Å². The SMILES string of the molecule is C[Si](C)C1CCCC1. The molecule has 0 bridgehead atoms. The van der Waals surface area contributed by atoms with E-state index in [0.717, 1.165) is 0 Å². The molecule has 0 N–H and O–H groups in total. The lowest BCUT2D eigenvalue weighted by molar-refractivity contribution is 0.856. The van der Waals surface area contributed by atoms with Crippen LogP contribution in [0.4, 0.5) is 0 Å². The normalized spacial score (nSPS) is 22.9. The predicted octanol–water partition coefficient (Wildman–Crippen LogP) is 2.69. The number of rotatable bonds is 1. The van der Waals surface area contributed by atoms with E-state index in [1.807, 2.05) is 0 Å². The van der Waals surface area contributed by atoms with Crippen molar-refractivity contribution in [3.05, 3.63) is 0 Å². The van der Waals surface area contributed by atoms with Gasteiger partial charge in [0.15, 0.2) is 0 Å². The molecule has 1 radical (unpaired) electrons. The zero-order valence-corrected chi connectivity index (χ0v) is 6.91. The van der Waals surface area contributed by atoms with E-state index < -0.39 is 0 Å². The maximum atomic E-state index is 2.45. The highest BCUT2D eigenvalue weighted by atomic mass is 28.3. The minimum Gasteiger partial charge on any atom is -0.0711 e. The van der Waals surface area contributed by atoms with E-state index >= 15 is 0 Å². The highest BCUT2D eigenvalue weighted by Crippen LogP contribution is 2.32. The highest BCUT2D eigenvalue weighted by Gasteiger charge is 2.18. The standard InChI is InChI=1S/C7H15Si/c1-8(2)7-5-3-4-6-7/h7H,3-6H2,1-2H3. The molecule has 1 saturated carbocycles. The summed E-state index contributed by atoms with van der Waals surface area (Å²) in [5.41, 5.74) is 1.17. The first kappa shape index (κ1) is 6.34. The van der Waals surface area contributed by atoms with Crippen molar-refractivity contribution < 1.29 is 0 Å². The van der Waals surface area contributed by atoms with Gasteiger partial charge in [-0.05, 0) is 5.54 Å². The fourth-order valence-electron chi connectivity index (χ4n) is 1.50. The van der Waals surface area contributed by atoms with Crippen molar-refractivity contribution in [2.45, 2.75) is 44.3 Å². The van der Waals surface area contributed by atoms with Crippen LogP contribution in [0.25, 0.3) is 0 Å². The zero-order valence-electron chi connectivity index (χ0n) is 5.91. The first-order chi connectivity index (χ1) is 3.80. The Hall–Kier alpha value is 0.217. The summed E-state index contributed by atoms with van der Waals surface area (Å²) in [7, 11) is 0.0877. The van der Waals surface area contributed by atoms with Gasteiger partial charge in [0.2, 0.25) is 0 Å². The van der Waals surface area contributed by atoms with E-state index in [1.165, 1.54) is 18.4 Å². The Bertz CT molecular complexity index is 62.8. The topological polar surface area (TPSA) is 0 Å². The smallest absolute Gasteiger partial charge is 0.0446 e. The Kier molecular flexibility index (Phi) is 2.12. The lowest BCUT2D eigenvalue weighted by Gasteiger charge is -2.09. The van der Waals surface area contributed by atoms with Gasteiger partial charge in [-0.15, -0.1) is 0 Å². The molecule has 1 fully saturated rings. The first-order valence-electron chi connectivity index (χ1n) is 3.61. The van der Waals surface area contributed by atoms with Crippen molar-refractivity contribution in [3.63, 3.8) is 0 Å². The summed E-state index contributed by atoms with van der Waals surface area (Å²) >= 11 is 0. The van der Waals surface area contributed by atoms with E-state index in [2.05, 4.69) is 13.1 Å². The summed E-state index contributed by atoms with van der Waals surface area (Å²) < 4.78 is 0. The largest absolute Gasteiger partial charge is 0.0711 e. The monoisotopic (exact) mass is 127 g/mol. The Morgan fingerprint density at radius 3 is 1.88 bits per heavy atom. The molecular weight excluding hydrogens is 112 g/mol. The van der Waals surface area contributed by atoms with Crippen molar-refractivity contribution in [3.8, 4) is 0 Å². The van der Waals surface area contributed by atoms with Gasteiger partial charge in [-0.25, -0.2) is 0 Å². The summed E-state index contributed by atoms with van der Waals surface area (Å²) in [6, 6.07) is 0. The quantitative estimate of drug-likeness (QED) is 0.475. The Morgan fingerprint density at radius 2 is 1.62 bits per heavy atom. The molecule has 47 valence electrons. The molecule has 0 aromatic rings. The summed E-state index contributed by atoms with van der Waals surface area (Å²) in [5.74, 6) is 0. The second-order valence-electron chi connectivity index (χ2n) is 3.06. The van der Waals surface area contributed by atoms with Crippen LogP contribution in [0.1, 0.15) is 25.7 Å². The van der Waals surface area contributed by atoms with Gasteiger partial charge in [-0.2, -0.15) is 0 Å². The summed E-state index contributed by atoms with van der Waals surface area (Å²) in [4.78, 5) is 0. The van der Waals surface area contributed by atoms with E-state index in [1.54, 1.807) is 12.8 Å². The predicted molar refractivity (Wildman–Crippen MR) is 39.7 cm³/mol. The van der Waals surface area contributed by atoms with Gasteiger partial charge in [0, 0.05) is 8.80 Å². The van der Waals surface area contributed by atoms with Crippen LogP contribution in [0.15, 0.2) is 0 Å². The first-order valence-corrected chi connectivity index (χ1v) is 6.18. The lowest BCUT2D eigenvalue weighted by atomic mass is 10.4. The molecule has 1 rings (SSSR count). The Labute approximate surface area is 53.9 Å². The van der Waals surface area contributed by atoms with Gasteiger partial charge in [0.1, 0.15) is 0 Å². The zero-order chi connectivity index (χ0) is 5.98. The summed E-state index contributed by atoms with van der Waals surface area (Å²) in [6.45, 7) is 4.89. The molecule has 0 spiro atoms. The molecule has 0 amide bonds. The Morgan fingerprint density at radius 1 is 1.12 bits per heavy atom. The Balaban J connectivity index is 2.24. The molecule has 0 saturated heterocycles. The van der Waals surface area contributed by atoms with Gasteiger partial charge in [-0.3, -0.25) is 0 Å². The summed E-state index contributed by atoms with van der Waals surface area (Å²) in [5, 5.41) is 0. The van der Waals surface area contributed by atoms with Crippen LogP contribution >= 0.6 is 0 Å². The molecule has 1 aliphatic carbocycles. The minimum atomic E-state index is 0.0877. The van der Waals surface area contributed by atoms with Crippen molar-refractivity contribution in [1.82, 2.24) is 0 Å². The minimum absolute atomic E-state index is 0.0877. The van der Waals surface area contributed by atoms with Gasteiger partial charge in [0.05, 0.1) is 0 Å².